The maximum atomic E-state index is 13.0. The molecule has 8 heteroatoms. The Bertz CT molecular complexity index is 1180. The first kappa shape index (κ1) is 23.0. The lowest BCUT2D eigenvalue weighted by Crippen LogP contribution is -2.34. The van der Waals surface area contributed by atoms with Gasteiger partial charge in [0, 0.05) is 19.3 Å². The minimum atomic E-state index is -3.88. The summed E-state index contributed by atoms with van der Waals surface area (Å²) in [5.74, 6) is -1.15. The van der Waals surface area contributed by atoms with Gasteiger partial charge in [0.25, 0.3) is 15.9 Å². The maximum absolute atomic E-state index is 13.0. The molecule has 0 spiro atoms. The van der Waals surface area contributed by atoms with Crippen LogP contribution in [0.3, 0.4) is 0 Å². The normalized spacial score (nSPS) is 10.9. The summed E-state index contributed by atoms with van der Waals surface area (Å²) in [4.78, 5) is 26.5. The Balaban J connectivity index is 1.72. The zero-order valence-corrected chi connectivity index (χ0v) is 18.7. The van der Waals surface area contributed by atoms with Gasteiger partial charge in [0.2, 0.25) is 0 Å². The molecule has 32 heavy (non-hydrogen) atoms. The minimum Gasteiger partial charge on any atom is -0.452 e. The molecular weight excluding hydrogens is 428 g/mol. The average Bonchev–Trinajstić information content (AvgIpc) is 2.83. The molecule has 0 aromatic heterocycles. The van der Waals surface area contributed by atoms with E-state index in [9.17, 15) is 18.0 Å². The second kappa shape index (κ2) is 10.1. The van der Waals surface area contributed by atoms with Gasteiger partial charge >= 0.3 is 5.97 Å². The fourth-order valence-corrected chi connectivity index (χ4v) is 4.36. The molecular formula is C24H24N2O5S. The molecule has 0 unspecified atom stereocenters. The first-order chi connectivity index (χ1) is 15.3. The van der Waals surface area contributed by atoms with Crippen molar-refractivity contribution < 1.29 is 22.7 Å². The van der Waals surface area contributed by atoms with E-state index in [0.717, 1.165) is 4.31 Å². The Morgan fingerprint density at radius 3 is 2.03 bits per heavy atom. The lowest BCUT2D eigenvalue weighted by molar-refractivity contribution is -0.121. The first-order valence-corrected chi connectivity index (χ1v) is 11.4. The number of para-hydroxylation sites is 2. The number of anilines is 2. The molecule has 0 aliphatic rings. The van der Waals surface area contributed by atoms with Crippen LogP contribution in [0.25, 0.3) is 0 Å². The van der Waals surface area contributed by atoms with E-state index in [2.05, 4.69) is 0 Å². The number of amides is 1. The number of hydrogen-bond donors (Lipinski definition) is 0. The highest BCUT2D eigenvalue weighted by Gasteiger charge is 2.23. The highest BCUT2D eigenvalue weighted by Crippen LogP contribution is 2.22. The van der Waals surface area contributed by atoms with Gasteiger partial charge in [-0.05, 0) is 49.4 Å². The van der Waals surface area contributed by atoms with Crippen molar-refractivity contribution in [1.82, 2.24) is 0 Å². The fourth-order valence-electron chi connectivity index (χ4n) is 3.12. The van der Waals surface area contributed by atoms with Crippen LogP contribution in [0.4, 0.5) is 11.4 Å². The predicted molar refractivity (Wildman–Crippen MR) is 123 cm³/mol. The third kappa shape index (κ3) is 5.15. The molecule has 3 aromatic carbocycles. The Kier molecular flexibility index (Phi) is 7.27. The van der Waals surface area contributed by atoms with Gasteiger partial charge in [-0.2, -0.15) is 0 Å². The monoisotopic (exact) mass is 452 g/mol. The molecule has 0 aliphatic carbocycles. The van der Waals surface area contributed by atoms with Crippen LogP contribution in [0.5, 0.6) is 0 Å². The van der Waals surface area contributed by atoms with Gasteiger partial charge in [0.15, 0.2) is 6.61 Å². The Morgan fingerprint density at radius 1 is 0.844 bits per heavy atom. The third-order valence-corrected chi connectivity index (χ3v) is 6.64. The van der Waals surface area contributed by atoms with Crippen molar-refractivity contribution in [2.75, 3.05) is 29.4 Å². The van der Waals surface area contributed by atoms with E-state index in [1.807, 2.05) is 25.1 Å². The topological polar surface area (TPSA) is 84.0 Å². The average molecular weight is 453 g/mol. The molecule has 0 saturated carbocycles. The van der Waals surface area contributed by atoms with E-state index in [4.69, 9.17) is 4.74 Å². The predicted octanol–water partition coefficient (Wildman–Crippen LogP) is 3.72. The molecule has 0 bridgehead atoms. The number of rotatable bonds is 8. The molecule has 166 valence electrons. The van der Waals surface area contributed by atoms with Crippen LogP contribution in [0.2, 0.25) is 0 Å². The molecule has 1 amide bonds. The van der Waals surface area contributed by atoms with E-state index >= 15 is 0 Å². The van der Waals surface area contributed by atoms with Crippen LogP contribution in [0.15, 0.2) is 89.8 Å². The van der Waals surface area contributed by atoms with Crippen molar-refractivity contribution in [3.8, 4) is 0 Å². The molecule has 0 radical (unpaired) electrons. The smallest absolute Gasteiger partial charge is 0.338 e. The van der Waals surface area contributed by atoms with Crippen molar-refractivity contribution in [2.45, 2.75) is 11.8 Å². The van der Waals surface area contributed by atoms with Crippen molar-refractivity contribution in [1.29, 1.82) is 0 Å². The molecule has 0 N–H and O–H groups in total. The summed E-state index contributed by atoms with van der Waals surface area (Å²) < 4.78 is 32.3. The maximum Gasteiger partial charge on any atom is 0.338 e. The van der Waals surface area contributed by atoms with E-state index in [-0.39, 0.29) is 16.4 Å². The van der Waals surface area contributed by atoms with Crippen LogP contribution >= 0.6 is 0 Å². The summed E-state index contributed by atoms with van der Waals surface area (Å²) in [7, 11) is -2.44. The quantitative estimate of drug-likeness (QED) is 0.487. The zero-order valence-electron chi connectivity index (χ0n) is 17.8. The van der Waals surface area contributed by atoms with Gasteiger partial charge in [0.1, 0.15) is 0 Å². The van der Waals surface area contributed by atoms with Crippen LogP contribution in [-0.2, 0) is 19.6 Å². The molecule has 7 nitrogen and oxygen atoms in total. The number of hydrogen-bond acceptors (Lipinski definition) is 5. The van der Waals surface area contributed by atoms with Crippen LogP contribution in [-0.4, -0.2) is 40.5 Å². The summed E-state index contributed by atoms with van der Waals surface area (Å²) in [5, 5.41) is 0. The number of esters is 1. The number of carbonyl (C=O) groups is 2. The summed E-state index contributed by atoms with van der Waals surface area (Å²) in [5.41, 5.74) is 1.24. The lowest BCUT2D eigenvalue weighted by atomic mass is 10.2. The Morgan fingerprint density at radius 2 is 1.44 bits per heavy atom. The number of nitrogens with zero attached hydrogens (tertiary/aromatic N) is 2. The number of likely N-dealkylation sites (N-methyl/N-ethyl adjacent to an activating group) is 1. The van der Waals surface area contributed by atoms with Gasteiger partial charge in [-0.25, -0.2) is 13.2 Å². The number of benzene rings is 3. The fraction of sp³-hybridized carbons (Fsp3) is 0.167. The first-order valence-electron chi connectivity index (χ1n) is 10.0. The molecule has 0 aliphatic heterocycles. The van der Waals surface area contributed by atoms with Gasteiger partial charge in [-0.15, -0.1) is 0 Å². The summed E-state index contributed by atoms with van der Waals surface area (Å²) >= 11 is 0. The summed E-state index contributed by atoms with van der Waals surface area (Å²) in [6, 6.07) is 23.2. The highest BCUT2D eigenvalue weighted by molar-refractivity contribution is 7.92. The summed E-state index contributed by atoms with van der Waals surface area (Å²) in [6.07, 6.45) is 0. The van der Waals surface area contributed by atoms with Gasteiger partial charge in [0.05, 0.1) is 16.1 Å². The van der Waals surface area contributed by atoms with Crippen molar-refractivity contribution >= 4 is 33.3 Å². The van der Waals surface area contributed by atoms with E-state index < -0.39 is 22.6 Å². The number of sulfonamides is 1. The standard InChI is InChI=1S/C24H24N2O5S/c1-3-26(21-14-8-5-9-15-21)23(27)18-31-24(28)19-11-10-16-22(17-19)32(29,30)25(2)20-12-6-4-7-13-20/h4-17H,3,18H2,1-2H3. The highest BCUT2D eigenvalue weighted by atomic mass is 32.2. The molecule has 0 saturated heterocycles. The minimum absolute atomic E-state index is 0.0445. The SMILES string of the molecule is CCN(C(=O)COC(=O)c1cccc(S(=O)(=O)N(C)c2ccccc2)c1)c1ccccc1. The second-order valence-electron chi connectivity index (χ2n) is 6.89. The number of carbonyl (C=O) groups excluding carboxylic acids is 2. The van der Waals surface area contributed by atoms with Crippen molar-refractivity contribution in [3.05, 3.63) is 90.5 Å². The largest absolute Gasteiger partial charge is 0.452 e. The lowest BCUT2D eigenvalue weighted by Gasteiger charge is -2.21. The van der Waals surface area contributed by atoms with E-state index in [0.29, 0.717) is 17.9 Å². The van der Waals surface area contributed by atoms with Gasteiger partial charge < -0.3 is 9.64 Å². The third-order valence-electron chi connectivity index (χ3n) is 4.86. The van der Waals surface area contributed by atoms with Crippen LogP contribution in [0.1, 0.15) is 17.3 Å². The van der Waals surface area contributed by atoms with Crippen molar-refractivity contribution in [3.63, 3.8) is 0 Å². The van der Waals surface area contributed by atoms with E-state index in [1.54, 1.807) is 42.5 Å². The second-order valence-corrected chi connectivity index (χ2v) is 8.85. The summed E-state index contributed by atoms with van der Waals surface area (Å²) in [6.45, 7) is 1.78. The Labute approximate surface area is 187 Å². The molecule has 3 aromatic rings. The zero-order chi connectivity index (χ0) is 23.1. The molecule has 3 rings (SSSR count). The van der Waals surface area contributed by atoms with Gasteiger partial charge in [-0.1, -0.05) is 42.5 Å². The van der Waals surface area contributed by atoms with E-state index in [1.165, 1.54) is 36.2 Å². The number of ether oxygens (including phenoxy) is 1. The molecule has 0 fully saturated rings. The molecule has 0 heterocycles. The molecule has 0 atom stereocenters. The van der Waals surface area contributed by atoms with Crippen molar-refractivity contribution in [2.24, 2.45) is 0 Å². The van der Waals surface area contributed by atoms with Gasteiger partial charge in [-0.3, -0.25) is 9.10 Å². The van der Waals surface area contributed by atoms with Crippen LogP contribution < -0.4 is 9.21 Å². The van der Waals surface area contributed by atoms with Crippen LogP contribution in [0, 0.1) is 0 Å². The Hall–Kier alpha value is -3.65.